The third kappa shape index (κ3) is 6.17. The van der Waals surface area contributed by atoms with E-state index in [2.05, 4.69) is 5.32 Å². The predicted octanol–water partition coefficient (Wildman–Crippen LogP) is 2.65. The van der Waals surface area contributed by atoms with Crippen LogP contribution in [0.15, 0.2) is 60.7 Å². The van der Waals surface area contributed by atoms with Crippen molar-refractivity contribution < 1.29 is 33.8 Å². The number of carbonyl (C=O) groups excluding carboxylic acids is 3. The largest absolute Gasteiger partial charge is 0.481 e. The van der Waals surface area contributed by atoms with Crippen molar-refractivity contribution in [2.24, 2.45) is 0 Å². The number of nitrogens with one attached hydrogen (secondary N) is 1. The zero-order valence-corrected chi connectivity index (χ0v) is 15.8. The average molecular weight is 399 g/mol. The Labute approximate surface area is 167 Å². The highest BCUT2D eigenvalue weighted by atomic mass is 16.6. The van der Waals surface area contributed by atoms with E-state index in [1.165, 1.54) is 12.1 Å². The van der Waals surface area contributed by atoms with Crippen LogP contribution in [0.2, 0.25) is 0 Å². The Balaban J connectivity index is 2.40. The third-order valence-electron chi connectivity index (χ3n) is 3.92. The summed E-state index contributed by atoms with van der Waals surface area (Å²) < 4.78 is 10.2. The molecule has 0 aliphatic rings. The SMILES string of the molecule is CCOC(=O)CC(CC(=O)O)(OC(=O)c1ccccc1)C(=O)Nc1ccccc1. The first kappa shape index (κ1) is 21.6. The molecule has 1 atom stereocenters. The minimum Gasteiger partial charge on any atom is -0.481 e. The number of amides is 1. The fourth-order valence-electron chi connectivity index (χ4n) is 2.61. The molecule has 0 aliphatic carbocycles. The number of benzene rings is 2. The van der Waals surface area contributed by atoms with Gasteiger partial charge >= 0.3 is 17.9 Å². The molecule has 0 aromatic heterocycles. The molecule has 0 heterocycles. The molecule has 1 amide bonds. The number of anilines is 1. The van der Waals surface area contributed by atoms with Crippen LogP contribution in [0, 0.1) is 0 Å². The van der Waals surface area contributed by atoms with Crippen LogP contribution >= 0.6 is 0 Å². The lowest BCUT2D eigenvalue weighted by Gasteiger charge is -2.30. The first-order valence-corrected chi connectivity index (χ1v) is 8.88. The molecule has 2 rings (SSSR count). The molecular formula is C21H21NO7. The first-order valence-electron chi connectivity index (χ1n) is 8.88. The van der Waals surface area contributed by atoms with Crippen LogP contribution in [0.25, 0.3) is 0 Å². The third-order valence-corrected chi connectivity index (χ3v) is 3.92. The quantitative estimate of drug-likeness (QED) is 0.622. The maximum Gasteiger partial charge on any atom is 0.339 e. The van der Waals surface area contributed by atoms with E-state index < -0.39 is 42.3 Å². The van der Waals surface area contributed by atoms with Crippen molar-refractivity contribution in [2.75, 3.05) is 11.9 Å². The molecule has 8 heteroatoms. The second-order valence-electron chi connectivity index (χ2n) is 6.12. The lowest BCUT2D eigenvalue weighted by Crippen LogP contribution is -2.50. The van der Waals surface area contributed by atoms with Crippen LogP contribution in [0.1, 0.15) is 30.1 Å². The highest BCUT2D eigenvalue weighted by Crippen LogP contribution is 2.26. The number of esters is 2. The molecule has 2 aromatic carbocycles. The van der Waals surface area contributed by atoms with E-state index in [9.17, 15) is 24.3 Å². The smallest absolute Gasteiger partial charge is 0.339 e. The molecule has 29 heavy (non-hydrogen) atoms. The number of ether oxygens (including phenoxy) is 2. The van der Waals surface area contributed by atoms with Gasteiger partial charge in [0.25, 0.3) is 5.91 Å². The Kier molecular flexibility index (Phi) is 7.47. The van der Waals surface area contributed by atoms with Crippen LogP contribution in [-0.4, -0.2) is 41.1 Å². The number of carboxylic acids is 1. The van der Waals surface area contributed by atoms with Crippen LogP contribution < -0.4 is 5.32 Å². The lowest BCUT2D eigenvalue weighted by molar-refractivity contribution is -0.159. The summed E-state index contributed by atoms with van der Waals surface area (Å²) in [5, 5.41) is 11.9. The number of carbonyl (C=O) groups is 4. The van der Waals surface area contributed by atoms with Crippen LogP contribution in [0.5, 0.6) is 0 Å². The highest BCUT2D eigenvalue weighted by molar-refractivity contribution is 6.04. The van der Waals surface area contributed by atoms with E-state index in [0.717, 1.165) is 0 Å². The summed E-state index contributed by atoms with van der Waals surface area (Å²) in [6.45, 7) is 1.59. The second kappa shape index (κ2) is 10.0. The predicted molar refractivity (Wildman–Crippen MR) is 103 cm³/mol. The van der Waals surface area contributed by atoms with E-state index in [1.807, 2.05) is 0 Å². The molecule has 2 N–H and O–H groups in total. The summed E-state index contributed by atoms with van der Waals surface area (Å²) in [7, 11) is 0. The van der Waals surface area contributed by atoms with Gasteiger partial charge in [-0.1, -0.05) is 36.4 Å². The molecule has 0 saturated heterocycles. The van der Waals surface area contributed by atoms with Crippen molar-refractivity contribution in [3.8, 4) is 0 Å². The molecule has 0 aliphatic heterocycles. The van der Waals surface area contributed by atoms with Crippen LogP contribution in [0.4, 0.5) is 5.69 Å². The maximum absolute atomic E-state index is 13.0. The fourth-order valence-corrected chi connectivity index (χ4v) is 2.61. The summed E-state index contributed by atoms with van der Waals surface area (Å²) in [6.07, 6.45) is -1.66. The van der Waals surface area contributed by atoms with E-state index in [1.54, 1.807) is 55.5 Å². The number of hydrogen-bond acceptors (Lipinski definition) is 6. The zero-order valence-electron chi connectivity index (χ0n) is 15.8. The molecule has 0 bridgehead atoms. The van der Waals surface area contributed by atoms with Crippen molar-refractivity contribution in [2.45, 2.75) is 25.4 Å². The molecular weight excluding hydrogens is 378 g/mol. The van der Waals surface area contributed by atoms with Gasteiger partial charge in [-0.15, -0.1) is 0 Å². The summed E-state index contributed by atoms with van der Waals surface area (Å²) in [6, 6.07) is 16.0. The molecule has 0 spiro atoms. The highest BCUT2D eigenvalue weighted by Gasteiger charge is 2.47. The summed E-state index contributed by atoms with van der Waals surface area (Å²) in [5.41, 5.74) is -1.83. The molecule has 152 valence electrons. The van der Waals surface area contributed by atoms with Crippen molar-refractivity contribution in [1.29, 1.82) is 0 Å². The van der Waals surface area contributed by atoms with E-state index >= 15 is 0 Å². The molecule has 1 unspecified atom stereocenters. The van der Waals surface area contributed by atoms with E-state index in [0.29, 0.717) is 5.69 Å². The van der Waals surface area contributed by atoms with Gasteiger partial charge < -0.3 is 19.9 Å². The average Bonchev–Trinajstić information content (AvgIpc) is 2.69. The minimum atomic E-state index is -2.29. The van der Waals surface area contributed by atoms with Gasteiger partial charge in [0.1, 0.15) is 0 Å². The normalized spacial score (nSPS) is 12.3. The number of carboxylic acid groups (broad SMARTS) is 1. The van der Waals surface area contributed by atoms with Gasteiger partial charge in [-0.05, 0) is 31.2 Å². The Bertz CT molecular complexity index is 867. The molecule has 2 aromatic rings. The van der Waals surface area contributed by atoms with Gasteiger partial charge in [-0.2, -0.15) is 0 Å². The van der Waals surface area contributed by atoms with Crippen molar-refractivity contribution in [3.05, 3.63) is 66.2 Å². The van der Waals surface area contributed by atoms with Gasteiger partial charge in [-0.25, -0.2) is 4.79 Å². The Morgan fingerprint density at radius 1 is 0.931 bits per heavy atom. The molecule has 0 radical (unpaired) electrons. The molecule has 0 saturated carbocycles. The second-order valence-corrected chi connectivity index (χ2v) is 6.12. The van der Waals surface area contributed by atoms with Gasteiger partial charge in [-0.3, -0.25) is 14.4 Å². The van der Waals surface area contributed by atoms with E-state index in [4.69, 9.17) is 9.47 Å². The summed E-state index contributed by atoms with van der Waals surface area (Å²) >= 11 is 0. The summed E-state index contributed by atoms with van der Waals surface area (Å²) in [4.78, 5) is 49.2. The Morgan fingerprint density at radius 2 is 1.52 bits per heavy atom. The van der Waals surface area contributed by atoms with Crippen molar-refractivity contribution >= 4 is 29.5 Å². The monoisotopic (exact) mass is 399 g/mol. The zero-order chi connectivity index (χ0) is 21.3. The van der Waals surface area contributed by atoms with Gasteiger partial charge in [0.15, 0.2) is 0 Å². The Hall–Kier alpha value is -3.68. The topological polar surface area (TPSA) is 119 Å². The fraction of sp³-hybridized carbons (Fsp3) is 0.238. The summed E-state index contributed by atoms with van der Waals surface area (Å²) in [5.74, 6) is -4.15. The van der Waals surface area contributed by atoms with Gasteiger partial charge in [0, 0.05) is 5.69 Å². The molecule has 8 nitrogen and oxygen atoms in total. The number of hydrogen-bond donors (Lipinski definition) is 2. The van der Waals surface area contributed by atoms with Crippen LogP contribution in [-0.2, 0) is 23.9 Å². The van der Waals surface area contributed by atoms with Gasteiger partial charge in [0.2, 0.25) is 5.60 Å². The first-order chi connectivity index (χ1) is 13.9. The van der Waals surface area contributed by atoms with Gasteiger partial charge in [0.05, 0.1) is 25.0 Å². The number of aliphatic carboxylic acids is 1. The van der Waals surface area contributed by atoms with E-state index in [-0.39, 0.29) is 12.2 Å². The maximum atomic E-state index is 13.0. The minimum absolute atomic E-state index is 0.0227. The van der Waals surface area contributed by atoms with Crippen molar-refractivity contribution in [3.63, 3.8) is 0 Å². The lowest BCUT2D eigenvalue weighted by atomic mass is 9.93. The Morgan fingerprint density at radius 3 is 2.07 bits per heavy atom. The van der Waals surface area contributed by atoms with Crippen LogP contribution in [0.3, 0.4) is 0 Å². The standard InChI is InChI=1S/C21H21NO7/c1-2-28-18(25)14-21(13-17(23)24,20(27)22-16-11-7-4-8-12-16)29-19(26)15-9-5-3-6-10-15/h3-12H,2,13-14H2,1H3,(H,22,27)(H,23,24). The number of para-hydroxylation sites is 1. The molecule has 0 fully saturated rings. The number of rotatable bonds is 9. The van der Waals surface area contributed by atoms with Crippen molar-refractivity contribution in [1.82, 2.24) is 0 Å².